The molecule has 3 heteroatoms. The quantitative estimate of drug-likeness (QED) is 0.470. The summed E-state index contributed by atoms with van der Waals surface area (Å²) in [5.74, 6) is 0. The summed E-state index contributed by atoms with van der Waals surface area (Å²) < 4.78 is 0. The molecule has 5 rings (SSSR count). The molecule has 0 aliphatic heterocycles. The monoisotopic (exact) mass is 321 g/mol. The highest BCUT2D eigenvalue weighted by atomic mass is 14.7. The summed E-state index contributed by atoms with van der Waals surface area (Å²) in [5.41, 5.74) is 6.72. The van der Waals surface area contributed by atoms with E-state index >= 15 is 0 Å². The Bertz CT molecular complexity index is 1180. The lowest BCUT2D eigenvalue weighted by atomic mass is 10.0. The number of aromatic nitrogens is 3. The van der Waals surface area contributed by atoms with Crippen molar-refractivity contribution in [1.29, 1.82) is 0 Å². The minimum Gasteiger partial charge on any atom is -0.354 e. The van der Waals surface area contributed by atoms with Gasteiger partial charge in [0, 0.05) is 46.1 Å². The molecular weight excluding hydrogens is 306 g/mol. The normalized spacial score (nSPS) is 11.2. The van der Waals surface area contributed by atoms with Crippen LogP contribution in [0.4, 0.5) is 0 Å². The summed E-state index contributed by atoms with van der Waals surface area (Å²) >= 11 is 0. The largest absolute Gasteiger partial charge is 0.354 e. The van der Waals surface area contributed by atoms with Crippen LogP contribution in [-0.2, 0) is 0 Å². The first-order valence-electron chi connectivity index (χ1n) is 8.26. The first-order valence-corrected chi connectivity index (χ1v) is 8.26. The number of H-pyrrole nitrogens is 1. The van der Waals surface area contributed by atoms with Gasteiger partial charge < -0.3 is 4.98 Å². The van der Waals surface area contributed by atoms with Crippen LogP contribution in [0.3, 0.4) is 0 Å². The molecule has 0 spiro atoms. The summed E-state index contributed by atoms with van der Waals surface area (Å²) in [6, 6.07) is 23.1. The molecule has 25 heavy (non-hydrogen) atoms. The van der Waals surface area contributed by atoms with E-state index < -0.39 is 0 Å². The number of para-hydroxylation sites is 1. The molecule has 118 valence electrons. The summed E-state index contributed by atoms with van der Waals surface area (Å²) in [7, 11) is 0. The Morgan fingerprint density at radius 1 is 0.760 bits per heavy atom. The Morgan fingerprint density at radius 3 is 2.64 bits per heavy atom. The maximum Gasteiger partial charge on any atom is 0.0708 e. The van der Waals surface area contributed by atoms with Gasteiger partial charge in [-0.3, -0.25) is 9.97 Å². The highest BCUT2D eigenvalue weighted by Crippen LogP contribution is 2.31. The van der Waals surface area contributed by atoms with E-state index in [0.29, 0.717) is 0 Å². The Morgan fingerprint density at radius 2 is 1.72 bits per heavy atom. The third-order valence-electron chi connectivity index (χ3n) is 4.55. The molecule has 0 bridgehead atoms. The molecule has 3 nitrogen and oxygen atoms in total. The average molecular weight is 321 g/mol. The van der Waals surface area contributed by atoms with E-state index in [9.17, 15) is 0 Å². The number of nitrogens with zero attached hydrogens (tertiary/aromatic N) is 2. The van der Waals surface area contributed by atoms with Crippen LogP contribution in [0.5, 0.6) is 0 Å². The molecule has 0 saturated carbocycles. The second kappa shape index (κ2) is 5.56. The summed E-state index contributed by atoms with van der Waals surface area (Å²) in [6.45, 7) is 0. The van der Waals surface area contributed by atoms with Gasteiger partial charge in [-0.15, -0.1) is 0 Å². The van der Waals surface area contributed by atoms with Crippen LogP contribution in [0.15, 0.2) is 85.3 Å². The number of nitrogens with one attached hydrogen (secondary N) is 1. The van der Waals surface area contributed by atoms with E-state index in [1.54, 1.807) is 6.20 Å². The number of aromatic amines is 1. The van der Waals surface area contributed by atoms with Gasteiger partial charge in [0.2, 0.25) is 0 Å². The third-order valence-corrected chi connectivity index (χ3v) is 4.55. The smallest absolute Gasteiger partial charge is 0.0708 e. The number of hydrogen-bond donors (Lipinski definition) is 1. The second-order valence-electron chi connectivity index (χ2n) is 6.10. The molecular formula is C22H15N3. The van der Waals surface area contributed by atoms with Gasteiger partial charge >= 0.3 is 0 Å². The molecule has 0 radical (unpaired) electrons. The minimum atomic E-state index is 1.02. The number of pyridine rings is 2. The second-order valence-corrected chi connectivity index (χ2v) is 6.10. The van der Waals surface area contributed by atoms with Gasteiger partial charge in [-0.1, -0.05) is 24.3 Å². The van der Waals surface area contributed by atoms with Crippen molar-refractivity contribution < 1.29 is 0 Å². The van der Waals surface area contributed by atoms with Crippen molar-refractivity contribution >= 4 is 21.8 Å². The molecule has 2 aromatic carbocycles. The Balaban J connectivity index is 1.68. The molecule has 0 saturated heterocycles. The fourth-order valence-electron chi connectivity index (χ4n) is 3.33. The maximum atomic E-state index is 4.46. The van der Waals surface area contributed by atoms with E-state index in [4.69, 9.17) is 0 Å². The zero-order valence-corrected chi connectivity index (χ0v) is 13.5. The first-order chi connectivity index (χ1) is 12.4. The van der Waals surface area contributed by atoms with Crippen LogP contribution < -0.4 is 0 Å². The van der Waals surface area contributed by atoms with Gasteiger partial charge in [-0.2, -0.15) is 0 Å². The number of fused-ring (bicyclic) bond motifs is 2. The van der Waals surface area contributed by atoms with E-state index in [1.165, 1.54) is 21.9 Å². The predicted molar refractivity (Wildman–Crippen MR) is 102 cm³/mol. The van der Waals surface area contributed by atoms with Crippen LogP contribution in [-0.4, -0.2) is 15.0 Å². The summed E-state index contributed by atoms with van der Waals surface area (Å²) in [6.07, 6.45) is 5.54. The molecule has 0 aliphatic rings. The Hall–Kier alpha value is -3.46. The van der Waals surface area contributed by atoms with Crippen molar-refractivity contribution in [3.8, 4) is 22.4 Å². The molecule has 5 aromatic rings. The van der Waals surface area contributed by atoms with Crippen molar-refractivity contribution in [3.05, 3.63) is 85.3 Å². The zero-order valence-electron chi connectivity index (χ0n) is 13.5. The lowest BCUT2D eigenvalue weighted by molar-refractivity contribution is 1.31. The van der Waals surface area contributed by atoms with E-state index in [-0.39, 0.29) is 0 Å². The predicted octanol–water partition coefficient (Wildman–Crippen LogP) is 5.45. The van der Waals surface area contributed by atoms with E-state index in [1.807, 2.05) is 30.6 Å². The van der Waals surface area contributed by atoms with Crippen LogP contribution >= 0.6 is 0 Å². The highest BCUT2D eigenvalue weighted by molar-refractivity contribution is 5.97. The van der Waals surface area contributed by atoms with E-state index in [0.717, 1.165) is 22.3 Å². The summed E-state index contributed by atoms with van der Waals surface area (Å²) in [4.78, 5) is 12.1. The topological polar surface area (TPSA) is 41.6 Å². The third kappa shape index (κ3) is 2.37. The van der Waals surface area contributed by atoms with Crippen LogP contribution in [0, 0.1) is 0 Å². The number of benzene rings is 2. The first kappa shape index (κ1) is 13.9. The van der Waals surface area contributed by atoms with Crippen molar-refractivity contribution in [3.63, 3.8) is 0 Å². The lowest BCUT2D eigenvalue weighted by Crippen LogP contribution is -1.84. The molecule has 0 atom stereocenters. The average Bonchev–Trinajstić information content (AvgIpc) is 3.11. The molecule has 3 aromatic heterocycles. The molecule has 3 heterocycles. The lowest BCUT2D eigenvalue weighted by Gasteiger charge is -2.06. The molecule has 0 aliphatic carbocycles. The Kier molecular flexibility index (Phi) is 3.10. The molecule has 0 amide bonds. The standard InChI is InChI=1S/C22H15N3/c1-2-6-21-19(5-1)18(9-11-24-21)15-7-8-20-17(12-15)13-22(25-20)16-4-3-10-23-14-16/h1-14,25H. The Labute approximate surface area is 145 Å². The van der Waals surface area contributed by atoms with Gasteiger partial charge in [0.05, 0.1) is 5.52 Å². The van der Waals surface area contributed by atoms with Crippen molar-refractivity contribution in [2.24, 2.45) is 0 Å². The van der Waals surface area contributed by atoms with Crippen molar-refractivity contribution in [2.75, 3.05) is 0 Å². The fraction of sp³-hybridized carbons (Fsp3) is 0. The SMILES string of the molecule is c1cncc(-c2cc3cc(-c4ccnc5ccccc45)ccc3[nH]2)c1. The van der Waals surface area contributed by atoms with Crippen LogP contribution in [0.1, 0.15) is 0 Å². The van der Waals surface area contributed by atoms with Gasteiger partial charge in [0.1, 0.15) is 0 Å². The number of rotatable bonds is 2. The fourth-order valence-corrected chi connectivity index (χ4v) is 3.33. The van der Waals surface area contributed by atoms with Crippen LogP contribution in [0.25, 0.3) is 44.2 Å². The van der Waals surface area contributed by atoms with Gasteiger partial charge in [-0.25, -0.2) is 0 Å². The molecule has 1 N–H and O–H groups in total. The van der Waals surface area contributed by atoms with Crippen molar-refractivity contribution in [1.82, 2.24) is 15.0 Å². The maximum absolute atomic E-state index is 4.46. The summed E-state index contributed by atoms with van der Waals surface area (Å²) in [5, 5.41) is 2.37. The van der Waals surface area contributed by atoms with Gasteiger partial charge in [-0.05, 0) is 53.6 Å². The van der Waals surface area contributed by atoms with Crippen molar-refractivity contribution in [2.45, 2.75) is 0 Å². The van der Waals surface area contributed by atoms with Crippen LogP contribution in [0.2, 0.25) is 0 Å². The van der Waals surface area contributed by atoms with Gasteiger partial charge in [0.15, 0.2) is 0 Å². The van der Waals surface area contributed by atoms with Gasteiger partial charge in [0.25, 0.3) is 0 Å². The molecule has 0 unspecified atom stereocenters. The zero-order chi connectivity index (χ0) is 16.6. The van der Waals surface area contributed by atoms with E-state index in [2.05, 4.69) is 63.5 Å². The molecule has 0 fully saturated rings. The minimum absolute atomic E-state index is 1.02. The highest BCUT2D eigenvalue weighted by Gasteiger charge is 2.08. The number of hydrogen-bond acceptors (Lipinski definition) is 2.